The first-order valence-corrected chi connectivity index (χ1v) is 6.62. The van der Waals surface area contributed by atoms with Gasteiger partial charge in [-0.2, -0.15) is 0 Å². The number of carboxylic acids is 1. The number of hydrogen-bond acceptors (Lipinski definition) is 2. The van der Waals surface area contributed by atoms with Gasteiger partial charge >= 0.3 is 5.97 Å². The third kappa shape index (κ3) is 2.67. The number of amides is 1. The smallest absolute Gasteiger partial charge is 0.326 e. The van der Waals surface area contributed by atoms with Crippen molar-refractivity contribution in [2.24, 2.45) is 0 Å². The Balaban J connectivity index is 2.18. The molecule has 1 amide bonds. The van der Waals surface area contributed by atoms with E-state index in [9.17, 15) is 9.59 Å². The Kier molecular flexibility index (Phi) is 3.92. The number of likely N-dealkylation sites (tertiary alicyclic amines) is 1. The van der Waals surface area contributed by atoms with Crippen LogP contribution in [0.15, 0.2) is 22.7 Å². The van der Waals surface area contributed by atoms with Crippen molar-refractivity contribution in [2.75, 3.05) is 0 Å². The summed E-state index contributed by atoms with van der Waals surface area (Å²) in [5.41, 5.74) is 0.824. The summed E-state index contributed by atoms with van der Waals surface area (Å²) in [4.78, 5) is 24.1. The van der Waals surface area contributed by atoms with Crippen molar-refractivity contribution in [3.8, 4) is 0 Å². The molecule has 4 nitrogen and oxygen atoms in total. The van der Waals surface area contributed by atoms with Crippen molar-refractivity contribution in [3.05, 3.63) is 33.3 Å². The van der Waals surface area contributed by atoms with Crippen molar-refractivity contribution in [2.45, 2.75) is 25.4 Å². The van der Waals surface area contributed by atoms with E-state index in [1.54, 1.807) is 12.1 Å². The van der Waals surface area contributed by atoms with Gasteiger partial charge in [0.15, 0.2) is 0 Å². The van der Waals surface area contributed by atoms with Crippen LogP contribution in [0.2, 0.25) is 5.02 Å². The van der Waals surface area contributed by atoms with Crippen LogP contribution in [0.1, 0.15) is 18.4 Å². The summed E-state index contributed by atoms with van der Waals surface area (Å²) in [5.74, 6) is -1.08. The van der Waals surface area contributed by atoms with Gasteiger partial charge in [-0.05, 0) is 40.0 Å². The van der Waals surface area contributed by atoms with Gasteiger partial charge in [-0.1, -0.05) is 17.7 Å². The first kappa shape index (κ1) is 13.4. The molecule has 0 bridgehead atoms. The van der Waals surface area contributed by atoms with Crippen LogP contribution >= 0.6 is 27.5 Å². The van der Waals surface area contributed by atoms with Crippen LogP contribution in [-0.4, -0.2) is 27.9 Å². The molecule has 1 saturated heterocycles. The summed E-state index contributed by atoms with van der Waals surface area (Å²) < 4.78 is 0.774. The fourth-order valence-electron chi connectivity index (χ4n) is 2.02. The molecule has 0 spiro atoms. The van der Waals surface area contributed by atoms with Gasteiger partial charge in [0.05, 0.1) is 5.02 Å². The molecule has 18 heavy (non-hydrogen) atoms. The maximum absolute atomic E-state index is 11.7. The molecule has 1 heterocycles. The highest BCUT2D eigenvalue weighted by Gasteiger charge is 2.35. The summed E-state index contributed by atoms with van der Waals surface area (Å²) >= 11 is 9.25. The molecule has 6 heteroatoms. The summed E-state index contributed by atoms with van der Waals surface area (Å²) in [6, 6.07) is 4.62. The zero-order valence-corrected chi connectivity index (χ0v) is 11.7. The first-order chi connectivity index (χ1) is 8.49. The van der Waals surface area contributed by atoms with Crippen LogP contribution in [-0.2, 0) is 16.1 Å². The standard InChI is InChI=1S/C12H11BrClNO3/c13-8-2-1-7(5-9(8)14)6-15-10(12(17)18)3-4-11(15)16/h1-2,5,10H,3-4,6H2,(H,17,18). The van der Waals surface area contributed by atoms with Gasteiger partial charge in [0, 0.05) is 17.4 Å². The van der Waals surface area contributed by atoms with E-state index in [1.807, 2.05) is 6.07 Å². The number of carbonyl (C=O) groups is 2. The average molecular weight is 333 g/mol. The van der Waals surface area contributed by atoms with Gasteiger partial charge in [-0.25, -0.2) is 4.79 Å². The molecule has 2 rings (SSSR count). The van der Waals surface area contributed by atoms with Crippen molar-refractivity contribution >= 4 is 39.4 Å². The molecule has 96 valence electrons. The zero-order valence-electron chi connectivity index (χ0n) is 9.40. The van der Waals surface area contributed by atoms with Gasteiger partial charge < -0.3 is 10.0 Å². The number of nitrogens with zero attached hydrogens (tertiary/aromatic N) is 1. The quantitative estimate of drug-likeness (QED) is 0.926. The second kappa shape index (κ2) is 5.28. The van der Waals surface area contributed by atoms with E-state index < -0.39 is 12.0 Å². The van der Waals surface area contributed by atoms with Crippen LogP contribution in [0.3, 0.4) is 0 Å². The third-order valence-corrected chi connectivity index (χ3v) is 4.18. The topological polar surface area (TPSA) is 57.6 Å². The van der Waals surface area contributed by atoms with Crippen molar-refractivity contribution in [1.82, 2.24) is 4.90 Å². The second-order valence-electron chi connectivity index (χ2n) is 4.16. The van der Waals surface area contributed by atoms with Gasteiger partial charge in [-0.3, -0.25) is 4.79 Å². The van der Waals surface area contributed by atoms with Crippen LogP contribution in [0.25, 0.3) is 0 Å². The van der Waals surface area contributed by atoms with Crippen molar-refractivity contribution in [3.63, 3.8) is 0 Å². The Hall–Kier alpha value is -1.07. The summed E-state index contributed by atoms with van der Waals surface area (Å²) in [6.07, 6.45) is 0.666. The Labute approximate surface area is 118 Å². The number of carboxylic acid groups (broad SMARTS) is 1. The minimum atomic E-state index is -0.955. The van der Waals surface area contributed by atoms with E-state index in [0.717, 1.165) is 10.0 Å². The van der Waals surface area contributed by atoms with E-state index in [-0.39, 0.29) is 12.5 Å². The zero-order chi connectivity index (χ0) is 13.3. The molecule has 1 aromatic carbocycles. The van der Waals surface area contributed by atoms with Gasteiger partial charge in [-0.15, -0.1) is 0 Å². The minimum Gasteiger partial charge on any atom is -0.480 e. The molecular weight excluding hydrogens is 321 g/mol. The summed E-state index contributed by atoms with van der Waals surface area (Å²) in [7, 11) is 0. The first-order valence-electron chi connectivity index (χ1n) is 5.45. The molecule has 1 unspecified atom stereocenters. The summed E-state index contributed by atoms with van der Waals surface area (Å²) in [6.45, 7) is 0.281. The average Bonchev–Trinajstić information content (AvgIpc) is 2.66. The molecule has 1 N–H and O–H groups in total. The maximum Gasteiger partial charge on any atom is 0.326 e. The number of benzene rings is 1. The monoisotopic (exact) mass is 331 g/mol. The van der Waals surface area contributed by atoms with E-state index >= 15 is 0 Å². The fraction of sp³-hybridized carbons (Fsp3) is 0.333. The highest BCUT2D eigenvalue weighted by Crippen LogP contribution is 2.26. The van der Waals surface area contributed by atoms with Crippen LogP contribution < -0.4 is 0 Å². The number of aliphatic carboxylic acids is 1. The molecule has 0 radical (unpaired) electrons. The normalized spacial score (nSPS) is 19.3. The van der Waals surface area contributed by atoms with Gasteiger partial charge in [0.1, 0.15) is 6.04 Å². The van der Waals surface area contributed by atoms with E-state index in [0.29, 0.717) is 17.9 Å². The fourth-order valence-corrected chi connectivity index (χ4v) is 2.47. The predicted octanol–water partition coefficient (Wildman–Crippen LogP) is 2.68. The number of halogens is 2. The number of carbonyl (C=O) groups excluding carboxylic acids is 1. The van der Waals surface area contributed by atoms with E-state index in [4.69, 9.17) is 16.7 Å². The molecule has 1 aromatic rings. The largest absolute Gasteiger partial charge is 0.480 e. The molecule has 0 saturated carbocycles. The molecular formula is C12H11BrClNO3. The minimum absolute atomic E-state index is 0.124. The maximum atomic E-state index is 11.7. The lowest BCUT2D eigenvalue weighted by Gasteiger charge is -2.21. The molecule has 1 aliphatic rings. The van der Waals surface area contributed by atoms with Crippen LogP contribution in [0.4, 0.5) is 0 Å². The second-order valence-corrected chi connectivity index (χ2v) is 5.42. The van der Waals surface area contributed by atoms with Gasteiger partial charge in [0.2, 0.25) is 5.91 Å². The lowest BCUT2D eigenvalue weighted by molar-refractivity contribution is -0.146. The predicted molar refractivity (Wildman–Crippen MR) is 70.4 cm³/mol. The van der Waals surface area contributed by atoms with E-state index in [1.165, 1.54) is 4.90 Å². The lowest BCUT2D eigenvalue weighted by atomic mass is 10.2. The number of hydrogen-bond donors (Lipinski definition) is 1. The Bertz CT molecular complexity index is 506. The molecule has 0 aliphatic carbocycles. The molecule has 1 aliphatic heterocycles. The molecule has 1 fully saturated rings. The van der Waals surface area contributed by atoms with E-state index in [2.05, 4.69) is 15.9 Å². The molecule has 1 atom stereocenters. The van der Waals surface area contributed by atoms with Crippen molar-refractivity contribution < 1.29 is 14.7 Å². The van der Waals surface area contributed by atoms with Gasteiger partial charge in [0.25, 0.3) is 0 Å². The third-order valence-electron chi connectivity index (χ3n) is 2.95. The molecule has 0 aromatic heterocycles. The van der Waals surface area contributed by atoms with Crippen molar-refractivity contribution in [1.29, 1.82) is 0 Å². The SMILES string of the molecule is O=C(O)C1CCC(=O)N1Cc1ccc(Br)c(Cl)c1. The Morgan fingerprint density at radius 2 is 2.28 bits per heavy atom. The van der Waals surface area contributed by atoms with Crippen LogP contribution in [0.5, 0.6) is 0 Å². The number of rotatable bonds is 3. The lowest BCUT2D eigenvalue weighted by Crippen LogP contribution is -2.37. The Morgan fingerprint density at radius 3 is 2.89 bits per heavy atom. The highest BCUT2D eigenvalue weighted by molar-refractivity contribution is 9.10. The Morgan fingerprint density at radius 1 is 1.56 bits per heavy atom. The van der Waals surface area contributed by atoms with Crippen LogP contribution in [0, 0.1) is 0 Å². The summed E-state index contributed by atoms with van der Waals surface area (Å²) in [5, 5.41) is 9.60. The highest BCUT2D eigenvalue weighted by atomic mass is 79.9.